The van der Waals surface area contributed by atoms with E-state index in [1.807, 2.05) is 6.92 Å². The average Bonchev–Trinajstić information content (AvgIpc) is 2.76. The van der Waals surface area contributed by atoms with Crippen LogP contribution in [0.2, 0.25) is 0 Å². The number of hydrogen-bond acceptors (Lipinski definition) is 2. The molecule has 1 aromatic rings. The molecule has 0 bridgehead atoms. The average molecular weight is 221 g/mol. The Bertz CT molecular complexity index is 397. The van der Waals surface area contributed by atoms with Crippen molar-refractivity contribution in [2.24, 2.45) is 5.92 Å². The first kappa shape index (κ1) is 11.3. The van der Waals surface area contributed by atoms with Crippen LogP contribution >= 0.6 is 0 Å². The standard InChI is InChI=1S/C13H16FNO/c1-9-2-3-12(14)6-11(9)7-13(16)10-4-5-15-8-10/h2-3,6,10,15H,4-5,7-8H2,1H3. The van der Waals surface area contributed by atoms with Crippen molar-refractivity contribution < 1.29 is 9.18 Å². The molecule has 1 heterocycles. The van der Waals surface area contributed by atoms with E-state index in [9.17, 15) is 9.18 Å². The first-order chi connectivity index (χ1) is 7.66. The maximum Gasteiger partial charge on any atom is 0.141 e. The quantitative estimate of drug-likeness (QED) is 0.844. The first-order valence-electron chi connectivity index (χ1n) is 5.65. The van der Waals surface area contributed by atoms with Gasteiger partial charge in [-0.2, -0.15) is 0 Å². The molecule has 0 radical (unpaired) electrons. The summed E-state index contributed by atoms with van der Waals surface area (Å²) in [6.45, 7) is 3.60. The smallest absolute Gasteiger partial charge is 0.141 e. The number of ketones is 1. The van der Waals surface area contributed by atoms with Crippen LogP contribution in [0.3, 0.4) is 0 Å². The van der Waals surface area contributed by atoms with Crippen molar-refractivity contribution in [3.8, 4) is 0 Å². The third kappa shape index (κ3) is 2.47. The van der Waals surface area contributed by atoms with Crippen LogP contribution in [0, 0.1) is 18.7 Å². The fraction of sp³-hybridized carbons (Fsp3) is 0.462. The highest BCUT2D eigenvalue weighted by Crippen LogP contribution is 2.16. The fourth-order valence-electron chi connectivity index (χ4n) is 2.09. The van der Waals surface area contributed by atoms with Crippen molar-refractivity contribution in [2.75, 3.05) is 13.1 Å². The van der Waals surface area contributed by atoms with Gasteiger partial charge in [-0.15, -0.1) is 0 Å². The summed E-state index contributed by atoms with van der Waals surface area (Å²) in [6.07, 6.45) is 1.27. The number of Topliss-reactive ketones (excluding diaryl/α,β-unsaturated/α-hetero) is 1. The summed E-state index contributed by atoms with van der Waals surface area (Å²) in [7, 11) is 0. The minimum absolute atomic E-state index is 0.114. The highest BCUT2D eigenvalue weighted by atomic mass is 19.1. The third-order valence-corrected chi connectivity index (χ3v) is 3.19. The van der Waals surface area contributed by atoms with Gasteiger partial charge in [0.15, 0.2) is 0 Å². The molecule has 1 unspecified atom stereocenters. The highest BCUT2D eigenvalue weighted by molar-refractivity contribution is 5.84. The molecule has 1 saturated heterocycles. The number of carbonyl (C=O) groups excluding carboxylic acids is 1. The molecule has 2 rings (SSSR count). The summed E-state index contributed by atoms with van der Waals surface area (Å²) >= 11 is 0. The van der Waals surface area contributed by atoms with Crippen molar-refractivity contribution in [3.05, 3.63) is 35.1 Å². The van der Waals surface area contributed by atoms with E-state index in [1.54, 1.807) is 6.07 Å². The molecule has 0 amide bonds. The molecule has 1 atom stereocenters. The Morgan fingerprint density at radius 3 is 3.06 bits per heavy atom. The monoisotopic (exact) mass is 221 g/mol. The Morgan fingerprint density at radius 2 is 2.38 bits per heavy atom. The van der Waals surface area contributed by atoms with E-state index in [0.29, 0.717) is 6.42 Å². The van der Waals surface area contributed by atoms with E-state index in [0.717, 1.165) is 30.6 Å². The molecule has 2 nitrogen and oxygen atoms in total. The maximum atomic E-state index is 13.1. The van der Waals surface area contributed by atoms with Gasteiger partial charge in [0.1, 0.15) is 11.6 Å². The second kappa shape index (κ2) is 4.74. The molecule has 0 spiro atoms. The molecular weight excluding hydrogens is 205 g/mol. The van der Waals surface area contributed by atoms with Gasteiger partial charge in [0.05, 0.1) is 0 Å². The van der Waals surface area contributed by atoms with Gasteiger partial charge in [0.2, 0.25) is 0 Å². The molecule has 0 aliphatic carbocycles. The summed E-state index contributed by atoms with van der Waals surface area (Å²) in [5.41, 5.74) is 1.80. The Hall–Kier alpha value is -1.22. The van der Waals surface area contributed by atoms with Crippen molar-refractivity contribution in [2.45, 2.75) is 19.8 Å². The van der Waals surface area contributed by atoms with Crippen LogP contribution in [-0.2, 0) is 11.2 Å². The molecule has 0 saturated carbocycles. The number of rotatable bonds is 3. The molecule has 3 heteroatoms. The molecule has 1 fully saturated rings. The number of benzene rings is 1. The molecule has 1 aromatic carbocycles. The number of halogens is 1. The number of aryl methyl sites for hydroxylation is 1. The summed E-state index contributed by atoms with van der Waals surface area (Å²) in [5.74, 6) is 0.0688. The van der Waals surface area contributed by atoms with Crippen LogP contribution in [0.4, 0.5) is 4.39 Å². The highest BCUT2D eigenvalue weighted by Gasteiger charge is 2.22. The Morgan fingerprint density at radius 1 is 1.56 bits per heavy atom. The van der Waals surface area contributed by atoms with Crippen LogP contribution in [0.25, 0.3) is 0 Å². The number of carbonyl (C=O) groups is 1. The van der Waals surface area contributed by atoms with Gasteiger partial charge in [-0.25, -0.2) is 4.39 Å². The predicted octanol–water partition coefficient (Wildman–Crippen LogP) is 1.86. The fourth-order valence-corrected chi connectivity index (χ4v) is 2.09. The minimum Gasteiger partial charge on any atom is -0.316 e. The Labute approximate surface area is 94.9 Å². The van der Waals surface area contributed by atoms with Gasteiger partial charge >= 0.3 is 0 Å². The van der Waals surface area contributed by atoms with Gasteiger partial charge < -0.3 is 5.32 Å². The van der Waals surface area contributed by atoms with Gasteiger partial charge in [-0.3, -0.25) is 4.79 Å². The number of nitrogens with one attached hydrogen (secondary N) is 1. The van der Waals surface area contributed by atoms with Crippen LogP contribution in [-0.4, -0.2) is 18.9 Å². The van der Waals surface area contributed by atoms with E-state index < -0.39 is 0 Å². The van der Waals surface area contributed by atoms with Gasteiger partial charge in [0.25, 0.3) is 0 Å². The van der Waals surface area contributed by atoms with Gasteiger partial charge in [-0.05, 0) is 43.1 Å². The molecule has 1 aliphatic rings. The van der Waals surface area contributed by atoms with E-state index >= 15 is 0 Å². The summed E-state index contributed by atoms with van der Waals surface area (Å²) in [6, 6.07) is 4.63. The second-order valence-corrected chi connectivity index (χ2v) is 4.40. The van der Waals surface area contributed by atoms with Crippen molar-refractivity contribution in [3.63, 3.8) is 0 Å². The number of hydrogen-bond donors (Lipinski definition) is 1. The first-order valence-corrected chi connectivity index (χ1v) is 5.65. The summed E-state index contributed by atoms with van der Waals surface area (Å²) in [4.78, 5) is 11.9. The van der Waals surface area contributed by atoms with Crippen LogP contribution < -0.4 is 5.32 Å². The largest absolute Gasteiger partial charge is 0.316 e. The Kier molecular flexibility index (Phi) is 3.34. The summed E-state index contributed by atoms with van der Waals surface area (Å²) < 4.78 is 13.1. The molecule has 16 heavy (non-hydrogen) atoms. The van der Waals surface area contributed by atoms with E-state index in [4.69, 9.17) is 0 Å². The van der Waals surface area contributed by atoms with Crippen LogP contribution in [0.1, 0.15) is 17.5 Å². The van der Waals surface area contributed by atoms with E-state index in [1.165, 1.54) is 12.1 Å². The Balaban J connectivity index is 2.07. The molecular formula is C13H16FNO. The zero-order valence-corrected chi connectivity index (χ0v) is 9.42. The van der Waals surface area contributed by atoms with E-state index in [2.05, 4.69) is 5.32 Å². The third-order valence-electron chi connectivity index (χ3n) is 3.19. The van der Waals surface area contributed by atoms with Gasteiger partial charge in [-0.1, -0.05) is 6.07 Å². The van der Waals surface area contributed by atoms with Crippen molar-refractivity contribution in [1.82, 2.24) is 5.32 Å². The van der Waals surface area contributed by atoms with E-state index in [-0.39, 0.29) is 17.5 Å². The predicted molar refractivity (Wildman–Crippen MR) is 60.8 cm³/mol. The summed E-state index contributed by atoms with van der Waals surface area (Å²) in [5, 5.41) is 3.17. The lowest BCUT2D eigenvalue weighted by Gasteiger charge is -2.09. The molecule has 0 aromatic heterocycles. The molecule has 1 N–H and O–H groups in total. The lowest BCUT2D eigenvalue weighted by atomic mass is 9.95. The topological polar surface area (TPSA) is 29.1 Å². The minimum atomic E-state index is -0.266. The second-order valence-electron chi connectivity index (χ2n) is 4.40. The lowest BCUT2D eigenvalue weighted by molar-refractivity contribution is -0.121. The van der Waals surface area contributed by atoms with Crippen molar-refractivity contribution >= 4 is 5.78 Å². The SMILES string of the molecule is Cc1ccc(F)cc1CC(=O)C1CCNC1. The zero-order valence-electron chi connectivity index (χ0n) is 9.42. The zero-order chi connectivity index (χ0) is 11.5. The van der Waals surface area contributed by atoms with Gasteiger partial charge in [0, 0.05) is 18.9 Å². The van der Waals surface area contributed by atoms with Crippen molar-refractivity contribution in [1.29, 1.82) is 0 Å². The van der Waals surface area contributed by atoms with Crippen LogP contribution in [0.5, 0.6) is 0 Å². The molecule has 86 valence electrons. The molecule has 1 aliphatic heterocycles. The lowest BCUT2D eigenvalue weighted by Crippen LogP contribution is -2.19. The normalized spacial score (nSPS) is 20.0. The maximum absolute atomic E-state index is 13.1. The van der Waals surface area contributed by atoms with Crippen LogP contribution in [0.15, 0.2) is 18.2 Å².